The molecule has 0 saturated heterocycles. The van der Waals surface area contributed by atoms with E-state index in [-0.39, 0.29) is 24.5 Å². The maximum atomic E-state index is 11.0. The van der Waals surface area contributed by atoms with E-state index in [4.69, 9.17) is 17.3 Å². The van der Waals surface area contributed by atoms with Gasteiger partial charge in [-0.1, -0.05) is 12.1 Å². The Kier molecular flexibility index (Phi) is 5.23. The lowest BCUT2D eigenvalue weighted by molar-refractivity contribution is -0.384. The molecule has 1 aromatic heterocycles. The Morgan fingerprint density at radius 2 is 2.22 bits per heavy atom. The zero-order chi connectivity index (χ0) is 19.6. The Bertz CT molecular complexity index is 1080. The predicted octanol–water partition coefficient (Wildman–Crippen LogP) is 3.24. The SMILES string of the molecule is O=C(O)CCn1c(O)c(/C=C2\C=NN=C2c2cccc([N+](=O)[O-])c2)sc1=S. The molecule has 1 aliphatic rings. The standard InChI is InChI=1S/C16H12N4O5S2/c21-13(22)4-5-19-15(23)12(27-16(19)26)7-10-8-17-18-14(10)9-2-1-3-11(6-9)20(24)25/h1-3,6-8,23H,4-5H2,(H,21,22)/b10-7+. The van der Waals surface area contributed by atoms with Crippen molar-refractivity contribution in [2.45, 2.75) is 13.0 Å². The number of hydrogen-bond donors (Lipinski definition) is 2. The number of nitro groups is 1. The summed E-state index contributed by atoms with van der Waals surface area (Å²) >= 11 is 6.30. The minimum absolute atomic E-state index is 0.0551. The van der Waals surface area contributed by atoms with Gasteiger partial charge in [-0.2, -0.15) is 5.10 Å². The van der Waals surface area contributed by atoms with Crippen LogP contribution >= 0.6 is 23.6 Å². The lowest BCUT2D eigenvalue weighted by Gasteiger charge is -2.03. The number of benzene rings is 1. The van der Waals surface area contributed by atoms with E-state index in [0.717, 1.165) is 11.3 Å². The smallest absolute Gasteiger partial charge is 0.305 e. The van der Waals surface area contributed by atoms with Crippen LogP contribution in [0.3, 0.4) is 0 Å². The first-order valence-corrected chi connectivity index (χ1v) is 8.81. The van der Waals surface area contributed by atoms with Gasteiger partial charge in [-0.3, -0.25) is 19.5 Å². The first-order chi connectivity index (χ1) is 12.9. The molecule has 2 heterocycles. The van der Waals surface area contributed by atoms with Crippen molar-refractivity contribution in [2.75, 3.05) is 0 Å². The second kappa shape index (κ2) is 7.60. The average molecular weight is 404 g/mol. The molecule has 0 amide bonds. The average Bonchev–Trinajstić information content (AvgIpc) is 3.18. The van der Waals surface area contributed by atoms with Crippen LogP contribution in [0, 0.1) is 14.1 Å². The number of aromatic nitrogens is 1. The number of non-ortho nitro benzene ring substituents is 1. The van der Waals surface area contributed by atoms with Gasteiger partial charge in [0.2, 0.25) is 5.88 Å². The molecule has 0 fully saturated rings. The summed E-state index contributed by atoms with van der Waals surface area (Å²) in [5.41, 5.74) is 1.42. The minimum Gasteiger partial charge on any atom is -0.493 e. The summed E-state index contributed by atoms with van der Waals surface area (Å²) < 4.78 is 1.68. The van der Waals surface area contributed by atoms with Crippen LogP contribution in [-0.2, 0) is 11.3 Å². The van der Waals surface area contributed by atoms with E-state index in [1.807, 2.05) is 0 Å². The van der Waals surface area contributed by atoms with E-state index < -0.39 is 10.9 Å². The fourth-order valence-corrected chi connectivity index (χ4v) is 3.73. The van der Waals surface area contributed by atoms with Crippen LogP contribution in [0.1, 0.15) is 16.9 Å². The molecule has 1 aromatic carbocycles. The number of aromatic hydroxyl groups is 1. The molecule has 0 radical (unpaired) electrons. The van der Waals surface area contributed by atoms with Gasteiger partial charge in [0.1, 0.15) is 5.71 Å². The summed E-state index contributed by atoms with van der Waals surface area (Å²) in [6.45, 7) is 0.0551. The number of carboxylic acids is 1. The third kappa shape index (κ3) is 3.99. The summed E-state index contributed by atoms with van der Waals surface area (Å²) in [6.07, 6.45) is 2.91. The van der Waals surface area contributed by atoms with Crippen molar-refractivity contribution < 1.29 is 19.9 Å². The fourth-order valence-electron chi connectivity index (χ4n) is 2.42. The number of aliphatic carboxylic acids is 1. The molecule has 9 nitrogen and oxygen atoms in total. The molecule has 0 unspecified atom stereocenters. The quantitative estimate of drug-likeness (QED) is 0.432. The Balaban J connectivity index is 1.95. The monoisotopic (exact) mass is 404 g/mol. The maximum Gasteiger partial charge on any atom is 0.305 e. The van der Waals surface area contributed by atoms with Gasteiger partial charge in [-0.05, 0) is 18.3 Å². The largest absolute Gasteiger partial charge is 0.493 e. The lowest BCUT2D eigenvalue weighted by Crippen LogP contribution is -2.04. The number of nitrogens with zero attached hydrogens (tertiary/aromatic N) is 4. The van der Waals surface area contributed by atoms with Gasteiger partial charge < -0.3 is 10.2 Å². The van der Waals surface area contributed by atoms with Crippen molar-refractivity contribution in [3.8, 4) is 5.88 Å². The molecule has 3 rings (SSSR count). The van der Waals surface area contributed by atoms with Gasteiger partial charge in [-0.15, -0.1) is 16.4 Å². The molecular weight excluding hydrogens is 392 g/mol. The summed E-state index contributed by atoms with van der Waals surface area (Å²) in [4.78, 5) is 21.6. The van der Waals surface area contributed by atoms with Crippen LogP contribution in [0.15, 0.2) is 40.0 Å². The first kappa shape index (κ1) is 18.6. The van der Waals surface area contributed by atoms with E-state index in [2.05, 4.69) is 10.2 Å². The van der Waals surface area contributed by atoms with Gasteiger partial charge in [0.15, 0.2) is 3.95 Å². The zero-order valence-electron chi connectivity index (χ0n) is 13.6. The number of carboxylic acid groups (broad SMARTS) is 1. The van der Waals surface area contributed by atoms with Crippen LogP contribution in [0.2, 0.25) is 0 Å². The van der Waals surface area contributed by atoms with Crippen LogP contribution < -0.4 is 0 Å². The van der Waals surface area contributed by atoms with Gasteiger partial charge >= 0.3 is 5.97 Å². The van der Waals surface area contributed by atoms with Crippen LogP contribution in [0.25, 0.3) is 6.08 Å². The normalized spacial score (nSPS) is 14.5. The predicted molar refractivity (Wildman–Crippen MR) is 103 cm³/mol. The molecular formula is C16H12N4O5S2. The second-order valence-corrected chi connectivity index (χ2v) is 7.13. The molecule has 1 aliphatic heterocycles. The maximum absolute atomic E-state index is 11.0. The number of hydrogen-bond acceptors (Lipinski definition) is 8. The molecule has 2 aromatic rings. The molecule has 2 N–H and O–H groups in total. The third-order valence-corrected chi connectivity index (χ3v) is 5.07. The van der Waals surface area contributed by atoms with E-state index in [1.165, 1.54) is 22.9 Å². The van der Waals surface area contributed by atoms with E-state index >= 15 is 0 Å². The number of carbonyl (C=O) groups is 1. The topological polar surface area (TPSA) is 130 Å². The Morgan fingerprint density at radius 3 is 2.93 bits per heavy atom. The first-order valence-electron chi connectivity index (χ1n) is 7.59. The van der Waals surface area contributed by atoms with Crippen molar-refractivity contribution in [3.05, 3.63) is 54.3 Å². The Morgan fingerprint density at radius 1 is 1.44 bits per heavy atom. The molecule has 0 atom stereocenters. The highest BCUT2D eigenvalue weighted by atomic mass is 32.1. The van der Waals surface area contributed by atoms with Crippen molar-refractivity contribution in [3.63, 3.8) is 0 Å². The Labute approximate surface area is 161 Å². The van der Waals surface area contributed by atoms with Crippen molar-refractivity contribution >= 4 is 53.2 Å². The number of rotatable bonds is 6. The molecule has 11 heteroatoms. The van der Waals surface area contributed by atoms with E-state index in [0.29, 0.717) is 25.7 Å². The molecule has 0 aliphatic carbocycles. The second-order valence-electron chi connectivity index (χ2n) is 5.45. The van der Waals surface area contributed by atoms with Crippen molar-refractivity contribution in [1.29, 1.82) is 0 Å². The molecule has 0 bridgehead atoms. The number of nitro benzene ring substituents is 1. The highest BCUT2D eigenvalue weighted by Gasteiger charge is 2.18. The number of thiazole rings is 1. The van der Waals surface area contributed by atoms with Crippen LogP contribution in [0.4, 0.5) is 5.69 Å². The minimum atomic E-state index is -0.995. The van der Waals surface area contributed by atoms with Gasteiger partial charge in [-0.25, -0.2) is 0 Å². The van der Waals surface area contributed by atoms with E-state index in [1.54, 1.807) is 18.2 Å². The summed E-state index contributed by atoms with van der Waals surface area (Å²) in [7, 11) is 0. The van der Waals surface area contributed by atoms with Crippen LogP contribution in [-0.4, -0.2) is 37.6 Å². The summed E-state index contributed by atoms with van der Waals surface area (Å²) in [5.74, 6) is -1.14. The van der Waals surface area contributed by atoms with Gasteiger partial charge in [0.05, 0.1) is 22.4 Å². The molecule has 0 saturated carbocycles. The van der Waals surface area contributed by atoms with Crippen LogP contribution in [0.5, 0.6) is 5.88 Å². The summed E-state index contributed by atoms with van der Waals surface area (Å²) in [6, 6.07) is 5.99. The van der Waals surface area contributed by atoms with Gasteiger partial charge in [0, 0.05) is 29.8 Å². The Hall–Kier alpha value is -3.18. The number of allylic oxidation sites excluding steroid dienone is 1. The fraction of sp³-hybridized carbons (Fsp3) is 0.125. The molecule has 138 valence electrons. The highest BCUT2D eigenvalue weighted by Crippen LogP contribution is 2.30. The van der Waals surface area contributed by atoms with Gasteiger partial charge in [0.25, 0.3) is 5.69 Å². The lowest BCUT2D eigenvalue weighted by atomic mass is 10.0. The highest BCUT2D eigenvalue weighted by molar-refractivity contribution is 7.73. The van der Waals surface area contributed by atoms with Crippen molar-refractivity contribution in [1.82, 2.24) is 4.57 Å². The van der Waals surface area contributed by atoms with E-state index in [9.17, 15) is 20.0 Å². The van der Waals surface area contributed by atoms with Crippen molar-refractivity contribution in [2.24, 2.45) is 10.2 Å². The third-order valence-electron chi connectivity index (χ3n) is 3.69. The molecule has 0 spiro atoms. The summed E-state index contributed by atoms with van der Waals surface area (Å²) in [5, 5.41) is 38.0. The zero-order valence-corrected chi connectivity index (χ0v) is 15.2. The molecule has 27 heavy (non-hydrogen) atoms.